The Kier molecular flexibility index (Phi) is 4.61. The number of rotatable bonds is 4. The maximum Gasteiger partial charge on any atom is 0.0390 e. The monoisotopic (exact) mass is 247 g/mol. The van der Waals surface area contributed by atoms with Gasteiger partial charge in [-0.05, 0) is 30.7 Å². The molecule has 2 N–H and O–H groups in total. The molecule has 0 aromatic heterocycles. The van der Waals surface area contributed by atoms with E-state index in [4.69, 9.17) is 0 Å². The van der Waals surface area contributed by atoms with Crippen LogP contribution < -0.4 is 10.6 Å². The lowest BCUT2D eigenvalue weighted by atomic mass is 10.0. The Morgan fingerprint density at radius 3 is 2.67 bits per heavy atom. The number of hydrogen-bond donors (Lipinski definition) is 2. The third-order valence-corrected chi connectivity index (χ3v) is 3.76. The van der Waals surface area contributed by atoms with Crippen molar-refractivity contribution in [3.63, 3.8) is 0 Å². The molecular formula is C15H25N3. The van der Waals surface area contributed by atoms with E-state index < -0.39 is 0 Å². The molecule has 1 fully saturated rings. The van der Waals surface area contributed by atoms with Gasteiger partial charge < -0.3 is 10.6 Å². The first-order chi connectivity index (χ1) is 8.66. The van der Waals surface area contributed by atoms with Crippen LogP contribution in [0.5, 0.6) is 0 Å². The highest BCUT2D eigenvalue weighted by molar-refractivity contribution is 5.45. The van der Waals surface area contributed by atoms with Gasteiger partial charge in [0.2, 0.25) is 0 Å². The van der Waals surface area contributed by atoms with E-state index in [2.05, 4.69) is 60.7 Å². The van der Waals surface area contributed by atoms with Crippen molar-refractivity contribution in [2.75, 3.05) is 38.5 Å². The number of anilines is 1. The molecule has 100 valence electrons. The first kappa shape index (κ1) is 13.4. The topological polar surface area (TPSA) is 27.3 Å². The second kappa shape index (κ2) is 6.21. The Morgan fingerprint density at radius 1 is 1.33 bits per heavy atom. The molecule has 2 rings (SSSR count). The van der Waals surface area contributed by atoms with Gasteiger partial charge in [0.15, 0.2) is 0 Å². The van der Waals surface area contributed by atoms with Crippen LogP contribution in [0.25, 0.3) is 0 Å². The lowest BCUT2D eigenvalue weighted by Crippen LogP contribution is -2.52. The van der Waals surface area contributed by atoms with Gasteiger partial charge in [0.25, 0.3) is 0 Å². The normalized spacial score (nSPS) is 21.2. The van der Waals surface area contributed by atoms with Crippen LogP contribution in [0.15, 0.2) is 24.3 Å². The fraction of sp³-hybridized carbons (Fsp3) is 0.600. The summed E-state index contributed by atoms with van der Waals surface area (Å²) >= 11 is 0. The minimum Gasteiger partial charge on any atom is -0.383 e. The van der Waals surface area contributed by atoms with Crippen molar-refractivity contribution in [3.8, 4) is 0 Å². The van der Waals surface area contributed by atoms with E-state index in [0.29, 0.717) is 12.0 Å². The average molecular weight is 247 g/mol. The van der Waals surface area contributed by atoms with Gasteiger partial charge in [-0.3, -0.25) is 4.90 Å². The van der Waals surface area contributed by atoms with E-state index in [1.165, 1.54) is 11.3 Å². The van der Waals surface area contributed by atoms with Crippen LogP contribution in [0.1, 0.15) is 25.3 Å². The summed E-state index contributed by atoms with van der Waals surface area (Å²) in [6.07, 6.45) is 0. The predicted octanol–water partition coefficient (Wildman–Crippen LogP) is 2.13. The Morgan fingerprint density at radius 2 is 2.06 bits per heavy atom. The molecule has 0 spiro atoms. The molecule has 0 radical (unpaired) electrons. The summed E-state index contributed by atoms with van der Waals surface area (Å²) in [6.45, 7) is 8.78. The molecule has 3 heteroatoms. The second-order valence-electron chi connectivity index (χ2n) is 5.50. The molecule has 3 nitrogen and oxygen atoms in total. The molecule has 0 saturated carbocycles. The zero-order valence-corrected chi connectivity index (χ0v) is 11.7. The maximum atomic E-state index is 3.53. The first-order valence-electron chi connectivity index (χ1n) is 6.91. The van der Waals surface area contributed by atoms with E-state index >= 15 is 0 Å². The van der Waals surface area contributed by atoms with Gasteiger partial charge in [-0.25, -0.2) is 0 Å². The third-order valence-electron chi connectivity index (χ3n) is 3.76. The molecule has 1 aromatic rings. The Bertz CT molecular complexity index is 359. The highest BCUT2D eigenvalue weighted by Gasteiger charge is 2.17. The van der Waals surface area contributed by atoms with E-state index in [0.717, 1.165) is 26.2 Å². The van der Waals surface area contributed by atoms with E-state index in [-0.39, 0.29) is 0 Å². The molecule has 1 aromatic carbocycles. The van der Waals surface area contributed by atoms with Crippen LogP contribution in [-0.2, 0) is 0 Å². The highest BCUT2D eigenvalue weighted by Crippen LogP contribution is 2.17. The Labute approximate surface area is 111 Å². The molecule has 1 heterocycles. The van der Waals surface area contributed by atoms with Crippen molar-refractivity contribution >= 4 is 5.69 Å². The van der Waals surface area contributed by atoms with Crippen molar-refractivity contribution in [2.24, 2.45) is 0 Å². The molecule has 0 amide bonds. The van der Waals surface area contributed by atoms with Gasteiger partial charge in [-0.1, -0.05) is 26.0 Å². The van der Waals surface area contributed by atoms with Gasteiger partial charge >= 0.3 is 0 Å². The standard InChI is InChI=1S/C15H25N3/c1-12(2)13-4-6-14(7-5-13)17-11-15-10-16-8-9-18(15)3/h4-7,12,15-17H,8-11H2,1-3H3. The second-order valence-corrected chi connectivity index (χ2v) is 5.50. The minimum atomic E-state index is 0.587. The Hall–Kier alpha value is -1.06. The summed E-state index contributed by atoms with van der Waals surface area (Å²) in [4.78, 5) is 2.42. The molecule has 1 atom stereocenters. The number of nitrogens with zero attached hydrogens (tertiary/aromatic N) is 1. The minimum absolute atomic E-state index is 0.587. The van der Waals surface area contributed by atoms with Gasteiger partial charge in [0.1, 0.15) is 0 Å². The lowest BCUT2D eigenvalue weighted by Gasteiger charge is -2.33. The van der Waals surface area contributed by atoms with Gasteiger partial charge in [-0.15, -0.1) is 0 Å². The van der Waals surface area contributed by atoms with Crippen LogP contribution in [0.4, 0.5) is 5.69 Å². The summed E-state index contributed by atoms with van der Waals surface area (Å²) in [6, 6.07) is 9.39. The summed E-state index contributed by atoms with van der Waals surface area (Å²) in [5, 5.41) is 6.97. The van der Waals surface area contributed by atoms with Crippen LogP contribution in [0, 0.1) is 0 Å². The van der Waals surface area contributed by atoms with Crippen molar-refractivity contribution < 1.29 is 0 Å². The SMILES string of the molecule is CC(C)c1ccc(NCC2CNCCN2C)cc1. The van der Waals surface area contributed by atoms with Crippen LogP contribution in [0.3, 0.4) is 0 Å². The number of nitrogens with one attached hydrogen (secondary N) is 2. The highest BCUT2D eigenvalue weighted by atomic mass is 15.2. The fourth-order valence-corrected chi connectivity index (χ4v) is 2.31. The van der Waals surface area contributed by atoms with Gasteiger partial charge in [-0.2, -0.15) is 0 Å². The van der Waals surface area contributed by atoms with E-state index in [1.54, 1.807) is 0 Å². The first-order valence-corrected chi connectivity index (χ1v) is 6.91. The third kappa shape index (κ3) is 3.47. The lowest BCUT2D eigenvalue weighted by molar-refractivity contribution is 0.209. The molecule has 1 aliphatic heterocycles. The zero-order chi connectivity index (χ0) is 13.0. The van der Waals surface area contributed by atoms with Crippen LogP contribution >= 0.6 is 0 Å². The van der Waals surface area contributed by atoms with Crippen molar-refractivity contribution in [1.82, 2.24) is 10.2 Å². The molecule has 0 aliphatic carbocycles. The van der Waals surface area contributed by atoms with Crippen molar-refractivity contribution in [3.05, 3.63) is 29.8 Å². The molecule has 0 bridgehead atoms. The van der Waals surface area contributed by atoms with Crippen LogP contribution in [0.2, 0.25) is 0 Å². The molecule has 1 aliphatic rings. The number of hydrogen-bond acceptors (Lipinski definition) is 3. The molecule has 1 saturated heterocycles. The molecule has 1 unspecified atom stereocenters. The zero-order valence-electron chi connectivity index (χ0n) is 11.7. The summed E-state index contributed by atoms with van der Waals surface area (Å²) in [5.41, 5.74) is 2.62. The van der Waals surface area contributed by atoms with E-state index in [1.807, 2.05) is 0 Å². The largest absolute Gasteiger partial charge is 0.383 e. The number of likely N-dealkylation sites (N-methyl/N-ethyl adjacent to an activating group) is 1. The summed E-state index contributed by atoms with van der Waals surface area (Å²) in [5.74, 6) is 0.604. The average Bonchev–Trinajstić information content (AvgIpc) is 2.38. The predicted molar refractivity (Wildman–Crippen MR) is 78.3 cm³/mol. The Balaban J connectivity index is 1.85. The molecular weight excluding hydrogens is 222 g/mol. The fourth-order valence-electron chi connectivity index (χ4n) is 2.31. The van der Waals surface area contributed by atoms with E-state index in [9.17, 15) is 0 Å². The van der Waals surface area contributed by atoms with Gasteiger partial charge in [0, 0.05) is 37.9 Å². The van der Waals surface area contributed by atoms with Gasteiger partial charge in [0.05, 0.1) is 0 Å². The number of piperazine rings is 1. The summed E-state index contributed by atoms with van der Waals surface area (Å²) in [7, 11) is 2.20. The molecule has 18 heavy (non-hydrogen) atoms. The maximum absolute atomic E-state index is 3.53. The number of benzene rings is 1. The smallest absolute Gasteiger partial charge is 0.0390 e. The van der Waals surface area contributed by atoms with Crippen molar-refractivity contribution in [2.45, 2.75) is 25.8 Å². The van der Waals surface area contributed by atoms with Crippen molar-refractivity contribution in [1.29, 1.82) is 0 Å². The summed E-state index contributed by atoms with van der Waals surface area (Å²) < 4.78 is 0. The van der Waals surface area contributed by atoms with Crippen LogP contribution in [-0.4, -0.2) is 44.2 Å². The quantitative estimate of drug-likeness (QED) is 0.853.